The van der Waals surface area contributed by atoms with E-state index >= 15 is 0 Å². The summed E-state index contributed by atoms with van der Waals surface area (Å²) in [6.45, 7) is 1.16. The van der Waals surface area contributed by atoms with Gasteiger partial charge in [-0.25, -0.2) is 0 Å². The minimum atomic E-state index is -4.91. The number of aldehydes is 1. The zero-order chi connectivity index (χ0) is 11.6. The van der Waals surface area contributed by atoms with E-state index in [0.717, 1.165) is 13.0 Å². The summed E-state index contributed by atoms with van der Waals surface area (Å²) >= 11 is 0. The second-order valence-electron chi connectivity index (χ2n) is 2.71. The lowest BCUT2D eigenvalue weighted by Crippen LogP contribution is -2.21. The topological polar surface area (TPSA) is 59.2 Å². The maximum Gasteiger partial charge on any atom is 0.574 e. The van der Waals surface area contributed by atoms with Crippen molar-refractivity contribution in [3.8, 4) is 5.88 Å². The third kappa shape index (κ3) is 2.83. The molecule has 0 aromatic carbocycles. The number of rotatable bonds is 2. The number of H-pyrrole nitrogens is 1. The Balaban J connectivity index is 3.22. The van der Waals surface area contributed by atoms with Crippen molar-refractivity contribution in [2.24, 2.45) is 0 Å². The molecule has 1 aromatic heterocycles. The van der Waals surface area contributed by atoms with Crippen molar-refractivity contribution in [3.05, 3.63) is 27.5 Å². The fourth-order valence-electron chi connectivity index (χ4n) is 0.904. The highest BCUT2D eigenvalue weighted by Crippen LogP contribution is 2.22. The van der Waals surface area contributed by atoms with Crippen LogP contribution in [0.2, 0.25) is 0 Å². The zero-order valence-corrected chi connectivity index (χ0v) is 7.51. The number of aromatic nitrogens is 1. The highest BCUT2D eigenvalue weighted by atomic mass is 19.4. The predicted molar refractivity (Wildman–Crippen MR) is 43.9 cm³/mol. The van der Waals surface area contributed by atoms with Crippen molar-refractivity contribution < 1.29 is 22.7 Å². The fraction of sp³-hybridized carbons (Fsp3) is 0.250. The number of aromatic amines is 1. The molecule has 0 saturated heterocycles. The Morgan fingerprint density at radius 2 is 2.07 bits per heavy atom. The van der Waals surface area contributed by atoms with E-state index < -0.39 is 17.7 Å². The van der Waals surface area contributed by atoms with Crippen LogP contribution in [0.5, 0.6) is 5.88 Å². The molecule has 1 N–H and O–H groups in total. The van der Waals surface area contributed by atoms with E-state index in [1.807, 2.05) is 4.98 Å². The fourth-order valence-corrected chi connectivity index (χ4v) is 0.904. The first-order valence-electron chi connectivity index (χ1n) is 3.78. The van der Waals surface area contributed by atoms with Crippen LogP contribution in [-0.2, 0) is 0 Å². The Morgan fingerprint density at radius 3 is 2.53 bits per heavy atom. The molecule has 1 rings (SSSR count). The average molecular weight is 221 g/mol. The Hall–Kier alpha value is -1.79. The van der Waals surface area contributed by atoms with Crippen molar-refractivity contribution in [1.82, 2.24) is 4.98 Å². The van der Waals surface area contributed by atoms with E-state index in [1.54, 1.807) is 0 Å². The Kier molecular flexibility index (Phi) is 2.83. The Morgan fingerprint density at radius 1 is 1.47 bits per heavy atom. The first-order valence-corrected chi connectivity index (χ1v) is 3.78. The van der Waals surface area contributed by atoms with E-state index in [-0.39, 0.29) is 17.5 Å². The molecule has 0 amide bonds. The number of halogens is 3. The highest BCUT2D eigenvalue weighted by molar-refractivity contribution is 5.72. The largest absolute Gasteiger partial charge is 0.574 e. The minimum Gasteiger partial charge on any atom is -0.389 e. The molecule has 0 unspecified atom stereocenters. The van der Waals surface area contributed by atoms with Gasteiger partial charge in [-0.05, 0) is 6.92 Å². The molecule has 0 spiro atoms. The summed E-state index contributed by atoms with van der Waals surface area (Å²) in [7, 11) is 0. The van der Waals surface area contributed by atoms with Crippen LogP contribution < -0.4 is 10.2 Å². The van der Waals surface area contributed by atoms with Crippen LogP contribution in [0.25, 0.3) is 0 Å². The molecule has 7 heteroatoms. The number of ether oxygens (including phenoxy) is 1. The van der Waals surface area contributed by atoms with Crippen LogP contribution in [0, 0.1) is 6.92 Å². The van der Waals surface area contributed by atoms with Crippen LogP contribution in [-0.4, -0.2) is 17.6 Å². The van der Waals surface area contributed by atoms with Gasteiger partial charge in [0.1, 0.15) is 0 Å². The predicted octanol–water partition coefficient (Wildman–Crippen LogP) is 1.39. The average Bonchev–Trinajstić information content (AvgIpc) is 2.10. The number of alkyl halides is 3. The van der Waals surface area contributed by atoms with Crippen LogP contribution in [0.3, 0.4) is 0 Å². The highest BCUT2D eigenvalue weighted by Gasteiger charge is 2.32. The lowest BCUT2D eigenvalue weighted by molar-refractivity contribution is -0.276. The van der Waals surface area contributed by atoms with Gasteiger partial charge in [-0.2, -0.15) is 0 Å². The van der Waals surface area contributed by atoms with Gasteiger partial charge in [-0.1, -0.05) is 0 Å². The van der Waals surface area contributed by atoms with Crippen LogP contribution >= 0.6 is 0 Å². The molecular weight excluding hydrogens is 215 g/mol. The smallest absolute Gasteiger partial charge is 0.389 e. The van der Waals surface area contributed by atoms with Gasteiger partial charge in [0.05, 0.1) is 11.3 Å². The molecule has 0 bridgehead atoms. The monoisotopic (exact) mass is 221 g/mol. The van der Waals surface area contributed by atoms with Crippen molar-refractivity contribution >= 4 is 6.29 Å². The molecule has 0 fully saturated rings. The van der Waals surface area contributed by atoms with Gasteiger partial charge < -0.3 is 9.72 Å². The van der Waals surface area contributed by atoms with Crippen LogP contribution in [0.15, 0.2) is 10.9 Å². The third-order valence-electron chi connectivity index (χ3n) is 1.60. The summed E-state index contributed by atoms with van der Waals surface area (Å²) in [6, 6.07) is 0.894. The van der Waals surface area contributed by atoms with Crippen molar-refractivity contribution in [2.45, 2.75) is 13.3 Å². The maximum absolute atomic E-state index is 11.9. The second kappa shape index (κ2) is 3.76. The summed E-state index contributed by atoms with van der Waals surface area (Å²) in [4.78, 5) is 23.4. The summed E-state index contributed by atoms with van der Waals surface area (Å²) in [5, 5.41) is 0. The van der Waals surface area contributed by atoms with Crippen LogP contribution in [0.1, 0.15) is 16.1 Å². The second-order valence-corrected chi connectivity index (χ2v) is 2.71. The molecule has 0 aliphatic carbocycles. The number of pyridine rings is 1. The first-order chi connectivity index (χ1) is 6.83. The number of nitrogens with one attached hydrogen (secondary N) is 1. The number of carbonyl (C=O) groups is 1. The van der Waals surface area contributed by atoms with Gasteiger partial charge >= 0.3 is 6.36 Å². The normalized spacial score (nSPS) is 11.2. The quantitative estimate of drug-likeness (QED) is 0.767. The van der Waals surface area contributed by atoms with Crippen molar-refractivity contribution in [1.29, 1.82) is 0 Å². The molecule has 0 radical (unpaired) electrons. The summed E-state index contributed by atoms with van der Waals surface area (Å²) in [6.07, 6.45) is -4.68. The summed E-state index contributed by atoms with van der Waals surface area (Å²) < 4.78 is 39.1. The molecule has 0 aliphatic heterocycles. The first kappa shape index (κ1) is 11.3. The van der Waals surface area contributed by atoms with Crippen LogP contribution in [0.4, 0.5) is 13.2 Å². The third-order valence-corrected chi connectivity index (χ3v) is 1.60. The van der Waals surface area contributed by atoms with Gasteiger partial charge in [0.15, 0.2) is 11.7 Å². The molecule has 4 nitrogen and oxygen atoms in total. The number of hydrogen-bond acceptors (Lipinski definition) is 3. The molecule has 1 aromatic rings. The standard InChI is InChI=1S/C8H6F3NO3/c1-4-6(14)2-5(3-13)12-7(4)15-8(9,10)11/h2-3H,1H3,(H,12,14). The molecule has 0 saturated carbocycles. The van der Waals surface area contributed by atoms with Crippen molar-refractivity contribution in [2.75, 3.05) is 0 Å². The lowest BCUT2D eigenvalue weighted by Gasteiger charge is -2.10. The summed E-state index contributed by atoms with van der Waals surface area (Å²) in [5.74, 6) is -0.767. The van der Waals surface area contributed by atoms with E-state index in [0.29, 0.717) is 0 Å². The molecule has 0 atom stereocenters. The Bertz CT molecular complexity index is 436. The lowest BCUT2D eigenvalue weighted by atomic mass is 10.2. The van der Waals surface area contributed by atoms with Gasteiger partial charge in [0.2, 0.25) is 5.88 Å². The van der Waals surface area contributed by atoms with Gasteiger partial charge in [-0.3, -0.25) is 9.59 Å². The van der Waals surface area contributed by atoms with E-state index in [9.17, 15) is 22.8 Å². The van der Waals surface area contributed by atoms with Gasteiger partial charge in [0, 0.05) is 6.07 Å². The van der Waals surface area contributed by atoms with E-state index in [2.05, 4.69) is 4.74 Å². The molecule has 82 valence electrons. The maximum atomic E-state index is 11.9. The van der Waals surface area contributed by atoms with E-state index in [1.165, 1.54) is 0 Å². The molecule has 0 aliphatic rings. The SMILES string of the molecule is Cc1c(OC(F)(F)F)[nH]c(C=O)cc1=O. The van der Waals surface area contributed by atoms with Gasteiger partial charge in [0.25, 0.3) is 0 Å². The number of carbonyl (C=O) groups excluding carboxylic acids is 1. The van der Waals surface area contributed by atoms with Gasteiger partial charge in [-0.15, -0.1) is 13.2 Å². The number of hydrogen-bond donors (Lipinski definition) is 1. The summed E-state index contributed by atoms with van der Waals surface area (Å²) in [5.41, 5.74) is -1.21. The molecule has 15 heavy (non-hydrogen) atoms. The molecule has 1 heterocycles. The minimum absolute atomic E-state index is 0.226. The van der Waals surface area contributed by atoms with Crippen molar-refractivity contribution in [3.63, 3.8) is 0 Å². The zero-order valence-electron chi connectivity index (χ0n) is 7.51. The molecular formula is C8H6F3NO3. The van der Waals surface area contributed by atoms with E-state index in [4.69, 9.17) is 0 Å². The Labute approximate surface area is 81.7 Å².